The topological polar surface area (TPSA) is 15.7 Å². The Labute approximate surface area is 101 Å². The third-order valence-corrected chi connectivity index (χ3v) is 2.63. The molecule has 0 aromatic heterocycles. The van der Waals surface area contributed by atoms with Crippen LogP contribution < -0.4 is 9.64 Å². The van der Waals surface area contributed by atoms with Crippen LogP contribution in [0.1, 0.15) is 0 Å². The molecule has 0 spiro atoms. The van der Waals surface area contributed by atoms with E-state index in [1.54, 1.807) is 7.11 Å². The highest BCUT2D eigenvalue weighted by Gasteiger charge is 2.19. The van der Waals surface area contributed by atoms with E-state index in [-0.39, 0.29) is 0 Å². The summed E-state index contributed by atoms with van der Waals surface area (Å²) in [5.41, 5.74) is 2.03. The van der Waals surface area contributed by atoms with Gasteiger partial charge in [0.1, 0.15) is 0 Å². The van der Waals surface area contributed by atoms with Gasteiger partial charge in [0, 0.05) is 18.1 Å². The molecule has 0 amide bonds. The van der Waals surface area contributed by atoms with Gasteiger partial charge in [-0.1, -0.05) is 11.8 Å². The second-order valence-electron chi connectivity index (χ2n) is 3.71. The van der Waals surface area contributed by atoms with Gasteiger partial charge in [0.05, 0.1) is 12.8 Å². The average molecular weight is 223 g/mol. The van der Waals surface area contributed by atoms with Crippen LogP contribution in [0, 0.1) is 12.7 Å². The molecule has 3 nitrogen and oxygen atoms in total. The van der Waals surface area contributed by atoms with Crippen molar-refractivity contribution in [2.24, 2.45) is 0 Å². The lowest BCUT2D eigenvalue weighted by Crippen LogP contribution is -2.16. The first kappa shape index (κ1) is 10.0. The van der Waals surface area contributed by atoms with E-state index in [9.17, 15) is 0 Å². The van der Waals surface area contributed by atoms with Crippen molar-refractivity contribution in [3.8, 4) is 5.75 Å². The molecule has 0 N–H and O–H groups in total. The fourth-order valence-electron chi connectivity index (χ4n) is 1.73. The normalized spacial score (nSPS) is 17.1. The lowest BCUT2D eigenvalue weighted by molar-refractivity contribution is 0.414. The Morgan fingerprint density at radius 2 is 2.18 bits per heavy atom. The molecule has 2 radical (unpaired) electrons. The Morgan fingerprint density at radius 3 is 2.88 bits per heavy atom. The van der Waals surface area contributed by atoms with Crippen LogP contribution in [0.25, 0.3) is 0 Å². The Morgan fingerprint density at radius 1 is 1.24 bits per heavy atom. The minimum Gasteiger partial charge on any atom is -0.554 e. The van der Waals surface area contributed by atoms with Crippen molar-refractivity contribution in [3.63, 3.8) is 0 Å². The van der Waals surface area contributed by atoms with Crippen LogP contribution in [0.5, 0.6) is 5.75 Å². The van der Waals surface area contributed by atoms with Crippen LogP contribution in [-0.2, 0) is 0 Å². The highest BCUT2D eigenvalue weighted by atomic mass is 16.5. The zero-order valence-electron chi connectivity index (χ0n) is 9.42. The first-order valence-corrected chi connectivity index (χ1v) is 5.34. The summed E-state index contributed by atoms with van der Waals surface area (Å²) in [6, 6.07) is 8.84. The predicted molar refractivity (Wildman–Crippen MR) is 65.8 cm³/mol. The molecule has 0 fully saturated rings. The second kappa shape index (κ2) is 4.01. The second-order valence-corrected chi connectivity index (χ2v) is 3.71. The molecule has 0 saturated heterocycles. The number of methoxy groups -OCH3 is 1. The van der Waals surface area contributed by atoms with Crippen molar-refractivity contribution in [1.82, 2.24) is 4.90 Å². The summed E-state index contributed by atoms with van der Waals surface area (Å²) in [6.45, 7) is 3.21. The lowest BCUT2D eigenvalue weighted by Gasteiger charge is -2.21. The minimum absolute atomic E-state index is 0.804. The molecule has 2 aliphatic rings. The molecule has 3 heteroatoms. The zero-order valence-corrected chi connectivity index (χ0v) is 9.42. The summed E-state index contributed by atoms with van der Waals surface area (Å²) in [4.78, 5) is 3.85. The van der Waals surface area contributed by atoms with Crippen LogP contribution in [0.4, 0.5) is 5.69 Å². The maximum absolute atomic E-state index is 5.11. The monoisotopic (exact) mass is 223 g/mol. The number of nitrogens with zero attached hydrogens (tertiary/aromatic N) is 2. The molecule has 0 unspecified atom stereocenters. The molecule has 1 aromatic rings. The fourth-order valence-corrected chi connectivity index (χ4v) is 1.73. The van der Waals surface area contributed by atoms with Crippen LogP contribution in [0.15, 0.2) is 54.5 Å². The van der Waals surface area contributed by atoms with Crippen molar-refractivity contribution in [1.29, 1.82) is 0 Å². The summed E-state index contributed by atoms with van der Waals surface area (Å²) < 4.78 is 5.11. The van der Waals surface area contributed by atoms with E-state index in [4.69, 9.17) is 4.74 Å². The molecule has 0 aliphatic carbocycles. The van der Waals surface area contributed by atoms with Crippen molar-refractivity contribution in [2.75, 3.05) is 12.0 Å². The number of hydrogen-bond donors (Lipinski definition) is 0. The maximum Gasteiger partial charge on any atom is 0.215 e. The molecule has 2 heterocycles. The largest absolute Gasteiger partial charge is 0.554 e. The summed E-state index contributed by atoms with van der Waals surface area (Å²) in [7, 11) is 1.65. The van der Waals surface area contributed by atoms with Gasteiger partial charge in [0.2, 0.25) is 6.67 Å². The average Bonchev–Trinajstić information content (AvgIpc) is 2.82. The molecule has 0 saturated carbocycles. The van der Waals surface area contributed by atoms with E-state index in [1.807, 2.05) is 58.6 Å². The van der Waals surface area contributed by atoms with E-state index in [1.165, 1.54) is 0 Å². The summed E-state index contributed by atoms with van der Waals surface area (Å²) in [6.07, 6.45) is 10.0. The molecule has 1 aromatic carbocycles. The van der Waals surface area contributed by atoms with Crippen LogP contribution in [0.2, 0.25) is 0 Å². The van der Waals surface area contributed by atoms with Gasteiger partial charge in [0.25, 0.3) is 0 Å². The molecular formula is C14H11N2O-. The molecule has 3 rings (SSSR count). The first-order chi connectivity index (χ1) is 8.36. The molecule has 0 bridgehead atoms. The number of hydrogen-bond acceptors (Lipinski definition) is 3. The van der Waals surface area contributed by atoms with Crippen molar-refractivity contribution >= 4 is 5.69 Å². The van der Waals surface area contributed by atoms with E-state index in [2.05, 4.69) is 12.7 Å². The van der Waals surface area contributed by atoms with Gasteiger partial charge in [-0.05, 0) is 12.2 Å². The Hall–Kier alpha value is -2.16. The van der Waals surface area contributed by atoms with Gasteiger partial charge in [0.15, 0.2) is 0 Å². The molecule has 0 atom stereocenters. The van der Waals surface area contributed by atoms with Crippen molar-refractivity contribution in [3.05, 3.63) is 67.3 Å². The number of rotatable bonds is 2. The number of benzene rings is 1. The predicted octanol–water partition coefficient (Wildman–Crippen LogP) is 2.54. The highest BCUT2D eigenvalue weighted by molar-refractivity contribution is 5.56. The van der Waals surface area contributed by atoms with Crippen LogP contribution in [0.3, 0.4) is 0 Å². The van der Waals surface area contributed by atoms with E-state index < -0.39 is 0 Å². The van der Waals surface area contributed by atoms with Gasteiger partial charge < -0.3 is 14.5 Å². The summed E-state index contributed by atoms with van der Waals surface area (Å²) in [5, 5.41) is 0. The van der Waals surface area contributed by atoms with E-state index >= 15 is 0 Å². The highest BCUT2D eigenvalue weighted by Crippen LogP contribution is 2.29. The maximum atomic E-state index is 5.11. The molecule has 84 valence electrons. The first-order valence-electron chi connectivity index (χ1n) is 5.34. The van der Waals surface area contributed by atoms with Gasteiger partial charge in [-0.3, -0.25) is 0 Å². The van der Waals surface area contributed by atoms with Crippen molar-refractivity contribution in [2.45, 2.75) is 0 Å². The fraction of sp³-hybridized carbons (Fsp3) is 0.0714. The Bertz CT molecular complexity index is 499. The summed E-state index contributed by atoms with van der Waals surface area (Å²) >= 11 is 0. The van der Waals surface area contributed by atoms with Gasteiger partial charge in [-0.2, -0.15) is 6.07 Å². The lowest BCUT2D eigenvalue weighted by atomic mass is 10.3. The van der Waals surface area contributed by atoms with Crippen molar-refractivity contribution < 1.29 is 4.74 Å². The van der Waals surface area contributed by atoms with E-state index in [0.29, 0.717) is 0 Å². The number of allylic oxidation sites excluding steroid dienone is 3. The third kappa shape index (κ3) is 1.80. The standard InChI is InChI=1S/C14H11N2O/c1-17-14-7-5-12(6-8-14)16-10-13-4-2-3-9-15(13)11-16/h2-5,7-10H,1H3/q-1. The zero-order chi connectivity index (χ0) is 11.7. The van der Waals surface area contributed by atoms with Gasteiger partial charge in [-0.15, -0.1) is 18.2 Å². The molecular weight excluding hydrogens is 212 g/mol. The van der Waals surface area contributed by atoms with Gasteiger partial charge in [-0.25, -0.2) is 0 Å². The Balaban J connectivity index is 1.84. The minimum atomic E-state index is 0.804. The molecule has 17 heavy (non-hydrogen) atoms. The SMILES string of the molecule is COc1c[c-]c(N2[C]N3C=CC=CC3=C2)cc1. The van der Waals surface area contributed by atoms with E-state index in [0.717, 1.165) is 17.1 Å². The number of anilines is 1. The van der Waals surface area contributed by atoms with Crippen LogP contribution >= 0.6 is 0 Å². The number of ether oxygens (including phenoxy) is 1. The third-order valence-electron chi connectivity index (χ3n) is 2.63. The number of fused-ring (bicyclic) bond motifs is 1. The van der Waals surface area contributed by atoms with Gasteiger partial charge >= 0.3 is 0 Å². The Kier molecular flexibility index (Phi) is 2.37. The smallest absolute Gasteiger partial charge is 0.215 e. The summed E-state index contributed by atoms with van der Waals surface area (Å²) in [5.74, 6) is 0.804. The quantitative estimate of drug-likeness (QED) is 0.716. The molecule has 2 aliphatic heterocycles. The van der Waals surface area contributed by atoms with Crippen LogP contribution in [-0.4, -0.2) is 12.0 Å².